The Morgan fingerprint density at radius 3 is 2.50 bits per heavy atom. The van der Waals surface area contributed by atoms with Crippen molar-refractivity contribution in [1.82, 2.24) is 15.5 Å². The van der Waals surface area contributed by atoms with Crippen LogP contribution in [0.4, 0.5) is 17.6 Å². The van der Waals surface area contributed by atoms with Crippen LogP contribution in [0.5, 0.6) is 0 Å². The Kier molecular flexibility index (Phi) is 12.3. The number of amides is 1. The van der Waals surface area contributed by atoms with E-state index < -0.39 is 17.6 Å². The number of unbranched alkanes of at least 4 members (excludes halogenated alkanes) is 1. The smallest absolute Gasteiger partial charge is 0.369 e. The number of likely N-dealkylation sites (tertiary alicyclic amines) is 1. The summed E-state index contributed by atoms with van der Waals surface area (Å²) < 4.78 is 52.6. The van der Waals surface area contributed by atoms with Crippen LogP contribution in [-0.4, -0.2) is 49.5 Å². The molecule has 6 nitrogen and oxygen atoms in total. The van der Waals surface area contributed by atoms with Crippen molar-refractivity contribution in [3.8, 4) is 0 Å². The number of alkyl halides is 3. The minimum absolute atomic E-state index is 0. The molecule has 0 saturated carbocycles. The van der Waals surface area contributed by atoms with Crippen LogP contribution in [0.15, 0.2) is 23.2 Å². The Morgan fingerprint density at radius 2 is 1.91 bits per heavy atom. The number of halogens is 5. The molecule has 0 aliphatic carbocycles. The Morgan fingerprint density at radius 1 is 1.22 bits per heavy atom. The standard InChI is InChI=1S/C21H31F4N5O.HI/c1-2-27-20(29-14-16-5-6-17(22)13-18(16)21(23,24)25)28-9-3-4-10-30-11-7-15(8-12-30)19(26)31;/h5-6,13,15H,2-4,7-12,14H2,1H3,(H2,26,31)(H2,27,28,29);1H. The van der Waals surface area contributed by atoms with Gasteiger partial charge in [-0.2, -0.15) is 13.2 Å². The van der Waals surface area contributed by atoms with Crippen molar-refractivity contribution in [2.75, 3.05) is 32.7 Å². The van der Waals surface area contributed by atoms with Gasteiger partial charge in [-0.15, -0.1) is 24.0 Å². The fourth-order valence-corrected chi connectivity index (χ4v) is 3.56. The van der Waals surface area contributed by atoms with Crippen molar-refractivity contribution >= 4 is 35.8 Å². The molecule has 0 radical (unpaired) electrons. The van der Waals surface area contributed by atoms with Crippen LogP contribution in [0, 0.1) is 11.7 Å². The summed E-state index contributed by atoms with van der Waals surface area (Å²) in [6, 6.07) is 2.62. The monoisotopic (exact) mass is 573 g/mol. The van der Waals surface area contributed by atoms with E-state index in [4.69, 9.17) is 5.73 Å². The second-order valence-electron chi connectivity index (χ2n) is 7.65. The van der Waals surface area contributed by atoms with Gasteiger partial charge in [0.2, 0.25) is 5.91 Å². The molecule has 0 bridgehead atoms. The number of piperidine rings is 1. The third-order valence-corrected chi connectivity index (χ3v) is 5.31. The minimum Gasteiger partial charge on any atom is -0.369 e. The average molecular weight is 573 g/mol. The summed E-state index contributed by atoms with van der Waals surface area (Å²) >= 11 is 0. The van der Waals surface area contributed by atoms with Gasteiger partial charge >= 0.3 is 6.18 Å². The van der Waals surface area contributed by atoms with Crippen LogP contribution in [0.3, 0.4) is 0 Å². The van der Waals surface area contributed by atoms with Crippen LogP contribution in [0.2, 0.25) is 0 Å². The lowest BCUT2D eigenvalue weighted by Gasteiger charge is -2.30. The summed E-state index contributed by atoms with van der Waals surface area (Å²) in [7, 11) is 0. The number of hydrogen-bond acceptors (Lipinski definition) is 3. The van der Waals surface area contributed by atoms with Crippen LogP contribution in [-0.2, 0) is 17.5 Å². The number of rotatable bonds is 9. The molecular formula is C21H32F4IN5O. The number of primary amides is 1. The fourth-order valence-electron chi connectivity index (χ4n) is 3.56. The summed E-state index contributed by atoms with van der Waals surface area (Å²) in [5.74, 6) is -0.746. The topological polar surface area (TPSA) is 82.8 Å². The third-order valence-electron chi connectivity index (χ3n) is 5.31. The van der Waals surface area contributed by atoms with Gasteiger partial charge in [-0.05, 0) is 69.9 Å². The van der Waals surface area contributed by atoms with E-state index in [1.165, 1.54) is 0 Å². The Labute approximate surface area is 203 Å². The highest BCUT2D eigenvalue weighted by atomic mass is 127. The predicted molar refractivity (Wildman–Crippen MR) is 127 cm³/mol. The molecule has 1 aromatic carbocycles. The minimum atomic E-state index is -4.63. The lowest BCUT2D eigenvalue weighted by Crippen LogP contribution is -2.39. The molecule has 2 rings (SSSR count). The van der Waals surface area contributed by atoms with Crippen molar-refractivity contribution in [3.05, 3.63) is 35.1 Å². The van der Waals surface area contributed by atoms with Gasteiger partial charge in [0.15, 0.2) is 5.96 Å². The van der Waals surface area contributed by atoms with E-state index in [-0.39, 0.29) is 47.9 Å². The fraction of sp³-hybridized carbons (Fsp3) is 0.619. The maximum Gasteiger partial charge on any atom is 0.416 e. The highest BCUT2D eigenvalue weighted by molar-refractivity contribution is 14.0. The molecule has 11 heteroatoms. The van der Waals surface area contributed by atoms with Gasteiger partial charge in [-0.25, -0.2) is 9.38 Å². The summed E-state index contributed by atoms with van der Waals surface area (Å²) in [5, 5.41) is 6.13. The third kappa shape index (κ3) is 9.47. The zero-order valence-electron chi connectivity index (χ0n) is 18.2. The van der Waals surface area contributed by atoms with Crippen LogP contribution < -0.4 is 16.4 Å². The highest BCUT2D eigenvalue weighted by Crippen LogP contribution is 2.32. The highest BCUT2D eigenvalue weighted by Gasteiger charge is 2.33. The van der Waals surface area contributed by atoms with Gasteiger partial charge < -0.3 is 21.3 Å². The van der Waals surface area contributed by atoms with Gasteiger partial charge in [0.1, 0.15) is 5.82 Å². The van der Waals surface area contributed by atoms with Gasteiger partial charge in [-0.1, -0.05) is 6.07 Å². The number of nitrogens with zero attached hydrogens (tertiary/aromatic N) is 2. The number of carbonyl (C=O) groups excluding carboxylic acids is 1. The largest absolute Gasteiger partial charge is 0.416 e. The van der Waals surface area contributed by atoms with E-state index in [0.29, 0.717) is 25.1 Å². The lowest BCUT2D eigenvalue weighted by molar-refractivity contribution is -0.138. The summed E-state index contributed by atoms with van der Waals surface area (Å²) in [6.45, 7) is 5.50. The lowest BCUT2D eigenvalue weighted by atomic mass is 9.96. The predicted octanol–water partition coefficient (Wildman–Crippen LogP) is 3.50. The van der Waals surface area contributed by atoms with E-state index in [1.807, 2.05) is 6.92 Å². The first kappa shape index (κ1) is 28.4. The summed E-state index contributed by atoms with van der Waals surface area (Å²) in [5.41, 5.74) is 4.26. The maximum absolute atomic E-state index is 13.2. The molecular weight excluding hydrogens is 541 g/mol. The van der Waals surface area contributed by atoms with E-state index in [1.54, 1.807) is 0 Å². The quantitative estimate of drug-likeness (QED) is 0.139. The van der Waals surface area contributed by atoms with Crippen molar-refractivity contribution in [2.24, 2.45) is 16.6 Å². The molecule has 0 spiro atoms. The molecule has 1 heterocycles. The molecule has 4 N–H and O–H groups in total. The first-order valence-corrected chi connectivity index (χ1v) is 10.6. The van der Waals surface area contributed by atoms with E-state index in [9.17, 15) is 22.4 Å². The number of nitrogens with two attached hydrogens (primary N) is 1. The molecule has 1 aliphatic rings. The normalized spacial score (nSPS) is 15.8. The van der Waals surface area contributed by atoms with Gasteiger partial charge in [-0.3, -0.25) is 4.79 Å². The summed E-state index contributed by atoms with van der Waals surface area (Å²) in [6.07, 6.45) is -1.22. The Balaban J connectivity index is 0.00000512. The molecule has 0 aromatic heterocycles. The average Bonchev–Trinajstić information content (AvgIpc) is 2.72. The van der Waals surface area contributed by atoms with Crippen molar-refractivity contribution in [1.29, 1.82) is 0 Å². The molecule has 0 atom stereocenters. The van der Waals surface area contributed by atoms with Crippen LogP contribution in [0.25, 0.3) is 0 Å². The van der Waals surface area contributed by atoms with Crippen molar-refractivity contribution in [3.63, 3.8) is 0 Å². The van der Waals surface area contributed by atoms with E-state index in [2.05, 4.69) is 20.5 Å². The SMILES string of the molecule is CCNC(=NCc1ccc(F)cc1C(F)(F)F)NCCCCN1CCC(C(N)=O)CC1.I. The number of hydrogen-bond donors (Lipinski definition) is 3. The van der Waals surface area contributed by atoms with Gasteiger partial charge in [0.25, 0.3) is 0 Å². The van der Waals surface area contributed by atoms with Crippen molar-refractivity contribution < 1.29 is 22.4 Å². The Bertz CT molecular complexity index is 752. The maximum atomic E-state index is 13.2. The summed E-state index contributed by atoms with van der Waals surface area (Å²) in [4.78, 5) is 17.7. The van der Waals surface area contributed by atoms with E-state index in [0.717, 1.165) is 57.5 Å². The molecule has 1 aliphatic heterocycles. The number of aliphatic imine (C=N–C) groups is 1. The first-order valence-electron chi connectivity index (χ1n) is 10.6. The zero-order valence-corrected chi connectivity index (χ0v) is 20.5. The van der Waals surface area contributed by atoms with Crippen molar-refractivity contribution in [2.45, 2.75) is 45.3 Å². The number of guanidine groups is 1. The molecule has 182 valence electrons. The molecule has 1 fully saturated rings. The van der Waals surface area contributed by atoms with Gasteiger partial charge in [0, 0.05) is 19.0 Å². The second kappa shape index (κ2) is 13.8. The van der Waals surface area contributed by atoms with Crippen LogP contribution in [0.1, 0.15) is 43.7 Å². The first-order chi connectivity index (χ1) is 14.7. The molecule has 1 saturated heterocycles. The Hall–Kier alpha value is -1.63. The second-order valence-corrected chi connectivity index (χ2v) is 7.65. The number of benzene rings is 1. The van der Waals surface area contributed by atoms with Crippen LogP contribution >= 0.6 is 24.0 Å². The molecule has 32 heavy (non-hydrogen) atoms. The molecule has 0 unspecified atom stereocenters. The van der Waals surface area contributed by atoms with E-state index >= 15 is 0 Å². The number of nitrogens with one attached hydrogen (secondary N) is 2. The zero-order chi connectivity index (χ0) is 22.9. The van der Waals surface area contributed by atoms with Gasteiger partial charge in [0.05, 0.1) is 12.1 Å². The molecule has 1 amide bonds. The number of carbonyl (C=O) groups is 1. The molecule has 1 aromatic rings.